The summed E-state index contributed by atoms with van der Waals surface area (Å²) in [4.78, 5) is 10.4. The third-order valence-electron chi connectivity index (χ3n) is 5.57. The van der Waals surface area contributed by atoms with E-state index < -0.39 is 59.3 Å². The monoisotopic (exact) mass is 577 g/mol. The zero-order chi connectivity index (χ0) is 28.1. The third kappa shape index (κ3) is 8.30. The molecule has 1 unspecified atom stereocenters. The Bertz CT molecular complexity index is 1140. The number of aliphatic carboxylic acids is 1. The highest BCUT2D eigenvalue weighted by atomic mass is 35.5. The van der Waals surface area contributed by atoms with Gasteiger partial charge in [0.1, 0.15) is 0 Å². The van der Waals surface area contributed by atoms with E-state index in [9.17, 15) is 43.9 Å². The minimum atomic E-state index is -6.21. The van der Waals surface area contributed by atoms with E-state index in [4.69, 9.17) is 16.7 Å². The minimum absolute atomic E-state index is 0.0886. The van der Waals surface area contributed by atoms with Gasteiger partial charge in [-0.25, -0.2) is 17.5 Å². The summed E-state index contributed by atoms with van der Waals surface area (Å²) in [5.74, 6) is -0.991. The molecule has 0 aliphatic carbocycles. The second-order valence-corrected chi connectivity index (χ2v) is 10.5. The van der Waals surface area contributed by atoms with E-state index in [0.717, 1.165) is 12.1 Å². The number of carbonyl (C=O) groups is 1. The van der Waals surface area contributed by atoms with Gasteiger partial charge in [-0.2, -0.15) is 26.3 Å². The van der Waals surface area contributed by atoms with Crippen LogP contribution in [-0.2, 0) is 21.2 Å². The van der Waals surface area contributed by atoms with Crippen LogP contribution in [-0.4, -0.2) is 37.5 Å². The molecule has 0 amide bonds. The first-order valence-corrected chi connectivity index (χ1v) is 12.7. The molecule has 5 nitrogen and oxygen atoms in total. The Balaban J connectivity index is 2.29. The van der Waals surface area contributed by atoms with Crippen LogP contribution in [0.4, 0.5) is 30.7 Å². The Kier molecular flexibility index (Phi) is 10.00. The molecule has 0 spiro atoms. The highest BCUT2D eigenvalue weighted by molar-refractivity contribution is 7.89. The largest absolute Gasteiger partial charge is 0.481 e. The van der Waals surface area contributed by atoms with E-state index in [1.54, 1.807) is 0 Å². The van der Waals surface area contributed by atoms with Gasteiger partial charge in [-0.3, -0.25) is 4.79 Å². The van der Waals surface area contributed by atoms with Gasteiger partial charge in [-0.1, -0.05) is 35.9 Å². The van der Waals surface area contributed by atoms with Gasteiger partial charge in [0.2, 0.25) is 10.0 Å². The molecule has 0 bridgehead atoms. The van der Waals surface area contributed by atoms with Crippen LogP contribution < -0.4 is 4.72 Å². The van der Waals surface area contributed by atoms with Crippen molar-refractivity contribution < 1.29 is 49.1 Å². The van der Waals surface area contributed by atoms with Crippen molar-refractivity contribution in [1.29, 1.82) is 0 Å². The maximum absolute atomic E-state index is 14.1. The number of halogens is 8. The molecule has 2 aromatic rings. The molecule has 0 aliphatic heterocycles. The van der Waals surface area contributed by atoms with Crippen LogP contribution in [0.3, 0.4) is 0 Å². The quantitative estimate of drug-likeness (QED) is 0.273. The highest BCUT2D eigenvalue weighted by Gasteiger charge is 2.71. The number of nitrogens with one attached hydrogen (secondary N) is 1. The lowest BCUT2D eigenvalue weighted by Crippen LogP contribution is -2.53. The first-order chi connectivity index (χ1) is 17.0. The van der Waals surface area contributed by atoms with Gasteiger partial charge < -0.3 is 5.11 Å². The number of benzene rings is 2. The van der Waals surface area contributed by atoms with E-state index >= 15 is 0 Å². The Morgan fingerprint density at radius 2 is 1.43 bits per heavy atom. The molecule has 0 aromatic heterocycles. The number of rotatable bonds is 12. The second-order valence-electron chi connectivity index (χ2n) is 8.31. The summed E-state index contributed by atoms with van der Waals surface area (Å²) in [5, 5.41) is 8.96. The Morgan fingerprint density at radius 1 is 0.892 bits per heavy atom. The predicted octanol–water partition coefficient (Wildman–Crippen LogP) is 6.77. The average molecular weight is 578 g/mol. The Morgan fingerprint density at radius 3 is 1.92 bits per heavy atom. The Hall–Kier alpha value is -2.38. The number of aryl methyl sites for hydroxylation is 1. The summed E-state index contributed by atoms with van der Waals surface area (Å²) in [6.45, 7) is 0. The number of sulfonamides is 1. The van der Waals surface area contributed by atoms with Crippen LogP contribution in [0.1, 0.15) is 49.3 Å². The fraction of sp³-hybridized carbons (Fsp3) is 0.435. The van der Waals surface area contributed by atoms with E-state index in [0.29, 0.717) is 18.4 Å². The zero-order valence-corrected chi connectivity index (χ0v) is 20.6. The molecule has 0 radical (unpaired) electrons. The number of carboxylic acid groups (broad SMARTS) is 1. The number of hydrogen-bond acceptors (Lipinski definition) is 3. The summed E-state index contributed by atoms with van der Waals surface area (Å²) < 4.78 is 119. The fourth-order valence-electron chi connectivity index (χ4n) is 3.52. The smallest absolute Gasteiger partial charge is 0.431 e. The number of hydrogen-bond donors (Lipinski definition) is 2. The molecule has 0 aliphatic rings. The van der Waals surface area contributed by atoms with Gasteiger partial charge in [-0.05, 0) is 67.5 Å². The maximum atomic E-state index is 14.1. The van der Waals surface area contributed by atoms with Gasteiger partial charge in [0.15, 0.2) is 0 Å². The summed E-state index contributed by atoms with van der Waals surface area (Å²) >= 11 is 5.75. The lowest BCUT2D eigenvalue weighted by atomic mass is 9.93. The van der Waals surface area contributed by atoms with Gasteiger partial charge in [0, 0.05) is 17.5 Å². The van der Waals surface area contributed by atoms with Crippen molar-refractivity contribution in [2.24, 2.45) is 0 Å². The lowest BCUT2D eigenvalue weighted by molar-refractivity contribution is -0.343. The molecule has 0 saturated heterocycles. The van der Waals surface area contributed by atoms with Gasteiger partial charge in [0.05, 0.1) is 4.90 Å². The number of carboxylic acids is 1. The maximum Gasteiger partial charge on any atom is 0.431 e. The average Bonchev–Trinajstić information content (AvgIpc) is 2.77. The summed E-state index contributed by atoms with van der Waals surface area (Å²) in [6, 6.07) is 9.49. The molecule has 2 rings (SSSR count). The van der Waals surface area contributed by atoms with Crippen molar-refractivity contribution in [2.45, 2.75) is 67.5 Å². The topological polar surface area (TPSA) is 83.5 Å². The normalized spacial score (nSPS) is 13.9. The van der Waals surface area contributed by atoms with E-state index in [1.807, 2.05) is 0 Å². The van der Waals surface area contributed by atoms with Gasteiger partial charge >= 0.3 is 18.3 Å². The fourth-order valence-corrected chi connectivity index (χ4v) is 4.90. The molecule has 206 valence electrons. The van der Waals surface area contributed by atoms with Gasteiger partial charge in [0.25, 0.3) is 5.67 Å². The van der Waals surface area contributed by atoms with Crippen LogP contribution in [0.25, 0.3) is 0 Å². The molecular weight excluding hydrogens is 555 g/mol. The number of alkyl halides is 7. The first-order valence-electron chi connectivity index (χ1n) is 10.9. The van der Waals surface area contributed by atoms with Crippen LogP contribution in [0.2, 0.25) is 5.02 Å². The van der Waals surface area contributed by atoms with Crippen molar-refractivity contribution in [1.82, 2.24) is 4.72 Å². The molecule has 2 N–H and O–H groups in total. The molecule has 1 atom stereocenters. The van der Waals surface area contributed by atoms with E-state index in [-0.39, 0.29) is 21.9 Å². The summed E-state index contributed by atoms with van der Waals surface area (Å²) in [7, 11) is -4.29. The van der Waals surface area contributed by atoms with E-state index in [2.05, 4.69) is 4.72 Å². The predicted molar refractivity (Wildman–Crippen MR) is 121 cm³/mol. The molecular formula is C23H23ClF7NO4S. The van der Waals surface area contributed by atoms with E-state index in [1.165, 1.54) is 36.4 Å². The van der Waals surface area contributed by atoms with Crippen molar-refractivity contribution >= 4 is 27.6 Å². The molecule has 0 heterocycles. The van der Waals surface area contributed by atoms with Crippen molar-refractivity contribution in [3.63, 3.8) is 0 Å². The lowest BCUT2D eigenvalue weighted by Gasteiger charge is -2.30. The standard InChI is InChI=1S/C23H23ClF7NO4S/c24-17-10-12-18(13-11-17)37(35,36)32-19(4-2-14-21(25,22(26,27)28)23(29,30)31)16-8-6-15(7-9-16)3-1-5-20(33)34/h6-13,19,32H,1-5,14H2,(H,33,34). The molecule has 37 heavy (non-hydrogen) atoms. The summed E-state index contributed by atoms with van der Waals surface area (Å²) in [5.41, 5.74) is -4.56. The molecule has 2 aromatic carbocycles. The van der Waals surface area contributed by atoms with Crippen LogP contribution >= 0.6 is 11.6 Å². The van der Waals surface area contributed by atoms with Gasteiger partial charge in [-0.15, -0.1) is 0 Å². The first kappa shape index (κ1) is 30.8. The third-order valence-corrected chi connectivity index (χ3v) is 7.31. The van der Waals surface area contributed by atoms with Crippen molar-refractivity contribution in [3.05, 3.63) is 64.7 Å². The van der Waals surface area contributed by atoms with Crippen LogP contribution in [0, 0.1) is 0 Å². The minimum Gasteiger partial charge on any atom is -0.481 e. The summed E-state index contributed by atoms with van der Waals surface area (Å²) in [6.07, 6.45) is -15.3. The zero-order valence-electron chi connectivity index (χ0n) is 19.0. The van der Waals surface area contributed by atoms with Crippen molar-refractivity contribution in [2.75, 3.05) is 0 Å². The molecule has 14 heteroatoms. The van der Waals surface area contributed by atoms with Crippen LogP contribution in [0.15, 0.2) is 53.4 Å². The molecule has 0 saturated carbocycles. The Labute approximate surface area is 213 Å². The van der Waals surface area contributed by atoms with Crippen molar-refractivity contribution in [3.8, 4) is 0 Å². The highest BCUT2D eigenvalue weighted by Crippen LogP contribution is 2.49. The molecule has 0 fully saturated rings. The second kappa shape index (κ2) is 12.0. The SMILES string of the molecule is O=C(O)CCCc1ccc(C(CCCC(F)(C(F)(F)F)C(F)(F)F)NS(=O)(=O)c2ccc(Cl)cc2)cc1. The van der Waals surface area contributed by atoms with Crippen LogP contribution in [0.5, 0.6) is 0 Å².